The third-order valence-corrected chi connectivity index (χ3v) is 5.07. The molecule has 3 aromatic rings. The van der Waals surface area contributed by atoms with Gasteiger partial charge in [-0.2, -0.15) is 5.10 Å². The lowest BCUT2D eigenvalue weighted by Crippen LogP contribution is -2.41. The molecule has 0 spiro atoms. The molecule has 0 aliphatic carbocycles. The van der Waals surface area contributed by atoms with Crippen molar-refractivity contribution < 1.29 is 4.79 Å². The van der Waals surface area contributed by atoms with Gasteiger partial charge in [0.25, 0.3) is 0 Å². The van der Waals surface area contributed by atoms with Crippen LogP contribution in [0.1, 0.15) is 31.9 Å². The van der Waals surface area contributed by atoms with Gasteiger partial charge in [0.05, 0.1) is 16.8 Å². The maximum Gasteiger partial charge on any atom is 0.234 e. The Morgan fingerprint density at radius 1 is 1.28 bits per heavy atom. The van der Waals surface area contributed by atoms with Crippen molar-refractivity contribution in [2.24, 2.45) is 5.41 Å². The summed E-state index contributed by atoms with van der Waals surface area (Å²) in [6.45, 7) is 11.2. The smallest absolute Gasteiger partial charge is 0.234 e. The van der Waals surface area contributed by atoms with E-state index in [9.17, 15) is 4.79 Å². The van der Waals surface area contributed by atoms with Crippen LogP contribution in [0.5, 0.6) is 0 Å². The number of amides is 1. The molecule has 5 nitrogen and oxygen atoms in total. The molecule has 0 N–H and O–H groups in total. The first-order chi connectivity index (χ1) is 11.8. The van der Waals surface area contributed by atoms with Crippen LogP contribution < -0.4 is 4.90 Å². The lowest BCUT2D eigenvalue weighted by molar-refractivity contribution is -0.125. The minimum atomic E-state index is -0.465. The zero-order chi connectivity index (χ0) is 18.2. The van der Waals surface area contributed by atoms with Crippen molar-refractivity contribution >= 4 is 32.6 Å². The number of hydrogen-bond acceptors (Lipinski definition) is 4. The highest BCUT2D eigenvalue weighted by atomic mass is 32.1. The molecule has 0 atom stereocenters. The van der Waals surface area contributed by atoms with Crippen LogP contribution in [0.2, 0.25) is 0 Å². The number of anilines is 1. The fourth-order valence-electron chi connectivity index (χ4n) is 2.80. The summed E-state index contributed by atoms with van der Waals surface area (Å²) in [6.07, 6.45) is 3.66. The summed E-state index contributed by atoms with van der Waals surface area (Å²) in [7, 11) is 0. The van der Waals surface area contributed by atoms with Gasteiger partial charge >= 0.3 is 0 Å². The fourth-order valence-corrected chi connectivity index (χ4v) is 3.96. The van der Waals surface area contributed by atoms with Crippen molar-refractivity contribution in [3.63, 3.8) is 0 Å². The molecule has 2 aromatic heterocycles. The summed E-state index contributed by atoms with van der Waals surface area (Å²) in [5, 5.41) is 4.99. The van der Waals surface area contributed by atoms with E-state index < -0.39 is 5.41 Å². The van der Waals surface area contributed by atoms with Crippen LogP contribution in [0.4, 0.5) is 5.13 Å². The van der Waals surface area contributed by atoms with Crippen molar-refractivity contribution in [3.8, 4) is 0 Å². The average Bonchev–Trinajstić information content (AvgIpc) is 3.15. The van der Waals surface area contributed by atoms with Gasteiger partial charge in [0.2, 0.25) is 5.91 Å². The summed E-state index contributed by atoms with van der Waals surface area (Å²) >= 11 is 1.58. The first-order valence-corrected chi connectivity index (χ1v) is 9.24. The zero-order valence-electron chi connectivity index (χ0n) is 15.4. The van der Waals surface area contributed by atoms with Crippen molar-refractivity contribution in [2.45, 2.75) is 41.2 Å². The normalized spacial score (nSPS) is 11.9. The van der Waals surface area contributed by atoms with Gasteiger partial charge in [-0.1, -0.05) is 38.2 Å². The summed E-state index contributed by atoms with van der Waals surface area (Å²) in [6, 6.07) is 6.15. The predicted octanol–water partition coefficient (Wildman–Crippen LogP) is 4.19. The van der Waals surface area contributed by atoms with Crippen molar-refractivity contribution in [3.05, 3.63) is 41.7 Å². The van der Waals surface area contributed by atoms with Crippen LogP contribution in [0, 0.1) is 19.3 Å². The van der Waals surface area contributed by atoms with E-state index in [1.54, 1.807) is 22.4 Å². The Kier molecular flexibility index (Phi) is 4.64. The molecule has 0 saturated carbocycles. The standard InChI is InChI=1S/C19H24N4OS/c1-13-11-14(2)16-15(12-13)25-18(21-16)23(17(24)19(3,4)5)10-9-22-8-6-7-20-22/h6-8,11-12H,9-10H2,1-5H3. The monoisotopic (exact) mass is 356 g/mol. The second kappa shape index (κ2) is 6.59. The van der Waals surface area contributed by atoms with Gasteiger partial charge in [0.1, 0.15) is 0 Å². The molecule has 1 aromatic carbocycles. The number of aromatic nitrogens is 3. The first-order valence-electron chi connectivity index (χ1n) is 8.43. The summed E-state index contributed by atoms with van der Waals surface area (Å²) in [4.78, 5) is 19.6. The lowest BCUT2D eigenvalue weighted by atomic mass is 9.95. The molecule has 0 radical (unpaired) electrons. The van der Waals surface area contributed by atoms with Crippen LogP contribution in [0.3, 0.4) is 0 Å². The maximum atomic E-state index is 13.0. The number of thiazole rings is 1. The molecular formula is C19H24N4OS. The molecule has 0 saturated heterocycles. The Morgan fingerprint density at radius 3 is 2.68 bits per heavy atom. The van der Waals surface area contributed by atoms with Crippen LogP contribution in [0.15, 0.2) is 30.6 Å². The topological polar surface area (TPSA) is 51.0 Å². The highest BCUT2D eigenvalue weighted by Gasteiger charge is 2.30. The van der Waals surface area contributed by atoms with E-state index in [1.165, 1.54) is 5.56 Å². The highest BCUT2D eigenvalue weighted by Crippen LogP contribution is 2.33. The number of carbonyl (C=O) groups excluding carboxylic acids is 1. The Balaban J connectivity index is 1.98. The minimum Gasteiger partial charge on any atom is -0.286 e. The first kappa shape index (κ1) is 17.6. The summed E-state index contributed by atoms with van der Waals surface area (Å²) < 4.78 is 2.96. The highest BCUT2D eigenvalue weighted by molar-refractivity contribution is 7.22. The number of benzene rings is 1. The van der Waals surface area contributed by atoms with E-state index >= 15 is 0 Å². The van der Waals surface area contributed by atoms with E-state index in [0.717, 1.165) is 20.9 Å². The van der Waals surface area contributed by atoms with E-state index in [0.29, 0.717) is 13.1 Å². The number of nitrogens with zero attached hydrogens (tertiary/aromatic N) is 4. The van der Waals surface area contributed by atoms with E-state index in [-0.39, 0.29) is 5.91 Å². The van der Waals surface area contributed by atoms with Crippen LogP contribution in [0.25, 0.3) is 10.2 Å². The molecule has 2 heterocycles. The third kappa shape index (κ3) is 3.74. The Labute approximate surface area is 152 Å². The number of rotatable bonds is 4. The van der Waals surface area contributed by atoms with Gasteiger partial charge in [-0.15, -0.1) is 0 Å². The van der Waals surface area contributed by atoms with Crippen LogP contribution in [-0.2, 0) is 11.3 Å². The quantitative estimate of drug-likeness (QED) is 0.704. The largest absolute Gasteiger partial charge is 0.286 e. The van der Waals surface area contributed by atoms with Gasteiger partial charge in [-0.05, 0) is 37.1 Å². The molecular weight excluding hydrogens is 332 g/mol. The zero-order valence-corrected chi connectivity index (χ0v) is 16.2. The molecule has 6 heteroatoms. The number of hydrogen-bond donors (Lipinski definition) is 0. The number of aryl methyl sites for hydroxylation is 2. The summed E-state index contributed by atoms with van der Waals surface area (Å²) in [5.74, 6) is 0.0769. The maximum absolute atomic E-state index is 13.0. The van der Waals surface area contributed by atoms with E-state index in [4.69, 9.17) is 4.98 Å². The molecule has 0 aliphatic heterocycles. The second-order valence-corrected chi connectivity index (χ2v) is 8.41. The summed E-state index contributed by atoms with van der Waals surface area (Å²) in [5.41, 5.74) is 2.88. The molecule has 132 valence electrons. The molecule has 1 amide bonds. The molecule has 0 aliphatic rings. The molecule has 3 rings (SSSR count). The predicted molar refractivity (Wildman–Crippen MR) is 103 cm³/mol. The van der Waals surface area contributed by atoms with Crippen molar-refractivity contribution in [2.75, 3.05) is 11.4 Å². The molecule has 0 bridgehead atoms. The average molecular weight is 356 g/mol. The van der Waals surface area contributed by atoms with Gasteiger partial charge in [-0.25, -0.2) is 4.98 Å². The lowest BCUT2D eigenvalue weighted by Gasteiger charge is -2.27. The van der Waals surface area contributed by atoms with Gasteiger partial charge in [-0.3, -0.25) is 14.4 Å². The van der Waals surface area contributed by atoms with Gasteiger partial charge < -0.3 is 0 Å². The molecule has 25 heavy (non-hydrogen) atoms. The van der Waals surface area contributed by atoms with E-state index in [2.05, 4.69) is 31.1 Å². The van der Waals surface area contributed by atoms with Gasteiger partial charge in [0.15, 0.2) is 5.13 Å². The molecule has 0 unspecified atom stereocenters. The Bertz CT molecular complexity index is 890. The van der Waals surface area contributed by atoms with Crippen molar-refractivity contribution in [1.82, 2.24) is 14.8 Å². The van der Waals surface area contributed by atoms with Crippen LogP contribution >= 0.6 is 11.3 Å². The molecule has 0 fully saturated rings. The van der Waals surface area contributed by atoms with Gasteiger partial charge in [0, 0.05) is 24.4 Å². The Hall–Kier alpha value is -2.21. The number of fused-ring (bicyclic) bond motifs is 1. The van der Waals surface area contributed by atoms with E-state index in [1.807, 2.05) is 37.7 Å². The minimum absolute atomic E-state index is 0.0769. The SMILES string of the molecule is Cc1cc(C)c2nc(N(CCn3cccn3)C(=O)C(C)(C)C)sc2c1. The Morgan fingerprint density at radius 2 is 2.04 bits per heavy atom. The van der Waals surface area contributed by atoms with Crippen LogP contribution in [-0.4, -0.2) is 27.2 Å². The second-order valence-electron chi connectivity index (χ2n) is 7.40. The van der Waals surface area contributed by atoms with Crippen molar-refractivity contribution in [1.29, 1.82) is 0 Å². The fraction of sp³-hybridized carbons (Fsp3) is 0.421. The third-order valence-electron chi connectivity index (χ3n) is 4.05. The number of carbonyl (C=O) groups is 1.